The second-order valence-electron chi connectivity index (χ2n) is 10.2. The SMILES string of the molecule is CN1N=C(c2ncc(C(F)(F)F)cc2N2CCC(O)CC2)OC1N[C@H]1N=C(c2ccccc2)c2ccccc2NC1=O. The molecule has 2 atom stereocenters. The smallest absolute Gasteiger partial charge is 0.417 e. The number of aliphatic imine (C=N–C) groups is 1. The normalized spacial score (nSPS) is 21.2. The molecule has 1 fully saturated rings. The third-order valence-corrected chi connectivity index (χ3v) is 7.31. The van der Waals surface area contributed by atoms with Gasteiger partial charge in [0, 0.05) is 37.5 Å². The zero-order valence-corrected chi connectivity index (χ0v) is 22.5. The number of rotatable bonds is 5. The average Bonchev–Trinajstić information content (AvgIpc) is 3.28. The van der Waals surface area contributed by atoms with E-state index in [1.165, 1.54) is 5.01 Å². The van der Waals surface area contributed by atoms with Crippen LogP contribution < -0.4 is 15.5 Å². The van der Waals surface area contributed by atoms with Gasteiger partial charge in [-0.05, 0) is 25.0 Å². The molecule has 1 unspecified atom stereocenters. The molecule has 1 aromatic heterocycles. The van der Waals surface area contributed by atoms with Crippen molar-refractivity contribution >= 4 is 28.9 Å². The van der Waals surface area contributed by atoms with Crippen LogP contribution in [-0.2, 0) is 15.7 Å². The number of halogens is 3. The predicted molar refractivity (Wildman–Crippen MR) is 150 cm³/mol. The molecule has 3 aliphatic heterocycles. The van der Waals surface area contributed by atoms with E-state index in [1.807, 2.05) is 48.5 Å². The van der Waals surface area contributed by atoms with Gasteiger partial charge in [-0.15, -0.1) is 5.10 Å². The summed E-state index contributed by atoms with van der Waals surface area (Å²) >= 11 is 0. The molecule has 10 nitrogen and oxygen atoms in total. The van der Waals surface area contributed by atoms with Gasteiger partial charge in [-0.25, -0.2) is 15.3 Å². The predicted octanol–water partition coefficient (Wildman–Crippen LogP) is 3.37. The third kappa shape index (κ3) is 5.52. The fourth-order valence-electron chi connectivity index (χ4n) is 5.10. The van der Waals surface area contributed by atoms with Crippen molar-refractivity contribution < 1.29 is 27.8 Å². The van der Waals surface area contributed by atoms with Crippen molar-refractivity contribution in [3.63, 3.8) is 0 Å². The molecule has 1 amide bonds. The number of piperidine rings is 1. The zero-order chi connectivity index (χ0) is 29.4. The van der Waals surface area contributed by atoms with Crippen LogP contribution in [0.3, 0.4) is 0 Å². The first-order chi connectivity index (χ1) is 20.2. The first-order valence-corrected chi connectivity index (χ1v) is 13.5. The highest BCUT2D eigenvalue weighted by Gasteiger charge is 2.37. The highest BCUT2D eigenvalue weighted by Crippen LogP contribution is 2.34. The van der Waals surface area contributed by atoms with E-state index in [4.69, 9.17) is 9.73 Å². The number of para-hydroxylation sites is 1. The Balaban J connectivity index is 1.29. The number of aliphatic hydroxyl groups is 1. The van der Waals surface area contributed by atoms with Crippen molar-refractivity contribution in [2.24, 2.45) is 10.1 Å². The number of fused-ring (bicyclic) bond motifs is 1. The Morgan fingerprint density at radius 3 is 2.52 bits per heavy atom. The van der Waals surface area contributed by atoms with E-state index >= 15 is 0 Å². The number of hydrazone groups is 1. The summed E-state index contributed by atoms with van der Waals surface area (Å²) in [6.45, 7) is 0.698. The number of ether oxygens (including phenoxy) is 1. The maximum atomic E-state index is 13.6. The number of alkyl halides is 3. The quantitative estimate of drug-likeness (QED) is 0.425. The summed E-state index contributed by atoms with van der Waals surface area (Å²) in [5, 5.41) is 21.7. The molecule has 0 saturated carbocycles. The molecule has 1 saturated heterocycles. The molecule has 218 valence electrons. The first kappa shape index (κ1) is 27.7. The number of nitrogens with zero attached hydrogens (tertiary/aromatic N) is 5. The van der Waals surface area contributed by atoms with Crippen molar-refractivity contribution in [3.8, 4) is 0 Å². The van der Waals surface area contributed by atoms with Gasteiger partial charge in [-0.2, -0.15) is 13.2 Å². The van der Waals surface area contributed by atoms with Crippen molar-refractivity contribution in [1.82, 2.24) is 15.3 Å². The van der Waals surface area contributed by atoms with Gasteiger partial charge < -0.3 is 20.1 Å². The van der Waals surface area contributed by atoms with Crippen LogP contribution in [0.5, 0.6) is 0 Å². The number of carbonyl (C=O) groups excluding carboxylic acids is 1. The summed E-state index contributed by atoms with van der Waals surface area (Å²) in [7, 11) is 1.61. The fraction of sp³-hybridized carbons (Fsp3) is 0.310. The highest BCUT2D eigenvalue weighted by atomic mass is 19.4. The minimum absolute atomic E-state index is 0.00516. The Hall–Kier alpha value is -4.49. The molecule has 0 bridgehead atoms. The summed E-state index contributed by atoms with van der Waals surface area (Å²) in [6.07, 6.45) is -5.59. The summed E-state index contributed by atoms with van der Waals surface area (Å²) < 4.78 is 46.8. The maximum absolute atomic E-state index is 13.6. The average molecular weight is 580 g/mol. The topological polar surface area (TPSA) is 115 Å². The lowest BCUT2D eigenvalue weighted by Crippen LogP contribution is -2.49. The number of hydrogen-bond acceptors (Lipinski definition) is 9. The molecule has 3 aromatic rings. The molecule has 4 heterocycles. The van der Waals surface area contributed by atoms with Crippen LogP contribution in [0.4, 0.5) is 24.5 Å². The van der Waals surface area contributed by atoms with Crippen LogP contribution in [0.15, 0.2) is 77.0 Å². The Morgan fingerprint density at radius 2 is 1.79 bits per heavy atom. The zero-order valence-electron chi connectivity index (χ0n) is 22.5. The summed E-state index contributed by atoms with van der Waals surface area (Å²) in [4.78, 5) is 23.9. The molecule has 3 N–H and O–H groups in total. The second kappa shape index (κ2) is 11.1. The van der Waals surface area contributed by atoms with Crippen molar-refractivity contribution in [1.29, 1.82) is 0 Å². The second-order valence-corrected chi connectivity index (χ2v) is 10.2. The van der Waals surface area contributed by atoms with E-state index in [2.05, 4.69) is 20.7 Å². The van der Waals surface area contributed by atoms with Gasteiger partial charge in [0.25, 0.3) is 11.8 Å². The van der Waals surface area contributed by atoms with E-state index in [0.717, 1.165) is 23.4 Å². The Kier molecular flexibility index (Phi) is 7.29. The fourth-order valence-corrected chi connectivity index (χ4v) is 5.10. The number of aliphatic hydroxyl groups excluding tert-OH is 1. The number of hydrogen-bond donors (Lipinski definition) is 3. The van der Waals surface area contributed by atoms with Gasteiger partial charge >= 0.3 is 6.18 Å². The molecular formula is C29H28F3N7O3. The van der Waals surface area contributed by atoms with Crippen molar-refractivity contribution in [3.05, 3.63) is 89.2 Å². The molecule has 3 aliphatic rings. The van der Waals surface area contributed by atoms with Crippen LogP contribution in [0.1, 0.15) is 35.2 Å². The molecule has 6 rings (SSSR count). The molecule has 42 heavy (non-hydrogen) atoms. The molecule has 13 heteroatoms. The van der Waals surface area contributed by atoms with Crippen molar-refractivity contribution in [2.75, 3.05) is 30.4 Å². The van der Waals surface area contributed by atoms with Crippen molar-refractivity contribution in [2.45, 2.75) is 37.6 Å². The van der Waals surface area contributed by atoms with Crippen LogP contribution in [0.25, 0.3) is 0 Å². The lowest BCUT2D eigenvalue weighted by molar-refractivity contribution is -0.137. The van der Waals surface area contributed by atoms with Gasteiger partial charge in [0.1, 0.15) is 5.69 Å². The lowest BCUT2D eigenvalue weighted by Gasteiger charge is -2.32. The molecular weight excluding hydrogens is 551 g/mol. The van der Waals surface area contributed by atoms with Gasteiger partial charge in [-0.1, -0.05) is 48.5 Å². The molecule has 0 spiro atoms. The molecule has 0 radical (unpaired) electrons. The highest BCUT2D eigenvalue weighted by molar-refractivity contribution is 6.19. The number of benzodiazepines with no additional fused rings is 1. The first-order valence-electron chi connectivity index (χ1n) is 13.5. The number of aromatic nitrogens is 1. The number of carbonyl (C=O) groups is 1. The minimum Gasteiger partial charge on any atom is -0.436 e. The van der Waals surface area contributed by atoms with Crippen LogP contribution in [-0.4, -0.2) is 71.4 Å². The number of nitrogens with one attached hydrogen (secondary N) is 2. The van der Waals surface area contributed by atoms with E-state index in [1.54, 1.807) is 18.0 Å². The van der Waals surface area contributed by atoms with Gasteiger partial charge in [0.15, 0.2) is 6.17 Å². The van der Waals surface area contributed by atoms with E-state index in [9.17, 15) is 23.1 Å². The number of anilines is 2. The van der Waals surface area contributed by atoms with Gasteiger partial charge in [0.2, 0.25) is 6.35 Å². The summed E-state index contributed by atoms with van der Waals surface area (Å²) in [5.41, 5.74) is 2.21. The third-order valence-electron chi connectivity index (χ3n) is 7.31. The van der Waals surface area contributed by atoms with Crippen LogP contribution in [0.2, 0.25) is 0 Å². The molecule has 2 aromatic carbocycles. The Morgan fingerprint density at radius 1 is 1.07 bits per heavy atom. The van der Waals surface area contributed by atoms with E-state index in [0.29, 0.717) is 37.3 Å². The van der Waals surface area contributed by atoms with E-state index in [-0.39, 0.29) is 17.3 Å². The summed E-state index contributed by atoms with van der Waals surface area (Å²) in [6, 6.07) is 17.8. The number of benzene rings is 2. The van der Waals surface area contributed by atoms with Crippen LogP contribution >= 0.6 is 0 Å². The standard InChI is InChI=1S/C29H28F3N7O3/c1-38-28(36-25-26(41)34-21-10-6-5-9-20(21)23(35-25)17-7-3-2-4-8-17)42-27(37-38)24-22(39-13-11-19(40)12-14-39)15-18(16-33-24)29(30,31)32/h2-10,15-16,19,25,28,36,40H,11-14H2,1H3,(H,34,41)/t25-,28?/m1/s1. The number of pyridine rings is 1. The minimum atomic E-state index is -4.59. The number of amides is 1. The largest absolute Gasteiger partial charge is 0.436 e. The summed E-state index contributed by atoms with van der Waals surface area (Å²) in [5.74, 6) is -0.423. The Bertz CT molecular complexity index is 1540. The maximum Gasteiger partial charge on any atom is 0.417 e. The monoisotopic (exact) mass is 579 g/mol. The Labute approximate surface area is 239 Å². The van der Waals surface area contributed by atoms with E-state index < -0.39 is 36.3 Å². The van der Waals surface area contributed by atoms with Crippen LogP contribution in [0, 0.1) is 0 Å². The molecule has 0 aliphatic carbocycles. The van der Waals surface area contributed by atoms with Gasteiger partial charge in [-0.3, -0.25) is 9.79 Å². The lowest BCUT2D eigenvalue weighted by atomic mass is 10.0. The van der Waals surface area contributed by atoms with Gasteiger partial charge in [0.05, 0.1) is 28.8 Å².